The van der Waals surface area contributed by atoms with Crippen molar-refractivity contribution in [3.8, 4) is 11.3 Å². The summed E-state index contributed by atoms with van der Waals surface area (Å²) in [7, 11) is 0. The third-order valence-corrected chi connectivity index (χ3v) is 5.67. The number of aryl methyl sites for hydroxylation is 1. The highest BCUT2D eigenvalue weighted by Crippen LogP contribution is 2.33. The van der Waals surface area contributed by atoms with Crippen molar-refractivity contribution in [1.82, 2.24) is 4.90 Å². The molecule has 6 nitrogen and oxygen atoms in total. The molecule has 31 heavy (non-hydrogen) atoms. The summed E-state index contributed by atoms with van der Waals surface area (Å²) >= 11 is 6.68. The van der Waals surface area contributed by atoms with Crippen molar-refractivity contribution in [2.75, 3.05) is 11.9 Å². The molecule has 1 fully saturated rings. The lowest BCUT2D eigenvalue weighted by molar-refractivity contribution is -0.127. The Morgan fingerprint density at radius 1 is 1.13 bits per heavy atom. The molecule has 2 aromatic carbocycles. The van der Waals surface area contributed by atoms with Gasteiger partial charge in [0.2, 0.25) is 5.91 Å². The monoisotopic (exact) mass is 452 g/mol. The first kappa shape index (κ1) is 21.0. The predicted molar refractivity (Wildman–Crippen MR) is 122 cm³/mol. The summed E-state index contributed by atoms with van der Waals surface area (Å²) in [4.78, 5) is 38.4. The van der Waals surface area contributed by atoms with Crippen LogP contribution in [0.15, 0.2) is 70.0 Å². The van der Waals surface area contributed by atoms with Gasteiger partial charge >= 0.3 is 0 Å². The van der Waals surface area contributed by atoms with Gasteiger partial charge in [0.05, 0.1) is 4.91 Å². The van der Waals surface area contributed by atoms with E-state index in [-0.39, 0.29) is 11.4 Å². The first-order valence-corrected chi connectivity index (χ1v) is 10.6. The second-order valence-electron chi connectivity index (χ2n) is 6.89. The summed E-state index contributed by atoms with van der Waals surface area (Å²) in [6, 6.07) is 17.9. The lowest BCUT2D eigenvalue weighted by Gasteiger charge is -2.12. The van der Waals surface area contributed by atoms with Gasteiger partial charge in [-0.15, -0.1) is 0 Å². The molecule has 1 aliphatic rings. The molecule has 0 radical (unpaired) electrons. The Bertz CT molecular complexity index is 1200. The van der Waals surface area contributed by atoms with Crippen LogP contribution in [-0.2, 0) is 9.59 Å². The topological polar surface area (TPSA) is 79.6 Å². The van der Waals surface area contributed by atoms with E-state index in [1.807, 2.05) is 31.2 Å². The molecule has 0 atom stereocenters. The van der Waals surface area contributed by atoms with Crippen molar-refractivity contribution in [1.29, 1.82) is 0 Å². The van der Waals surface area contributed by atoms with Gasteiger partial charge in [-0.2, -0.15) is 0 Å². The van der Waals surface area contributed by atoms with E-state index >= 15 is 0 Å². The van der Waals surface area contributed by atoms with Gasteiger partial charge in [0.15, 0.2) is 0 Å². The van der Waals surface area contributed by atoms with Crippen LogP contribution in [0.2, 0.25) is 5.02 Å². The molecule has 0 aliphatic carbocycles. The van der Waals surface area contributed by atoms with Gasteiger partial charge in [-0.1, -0.05) is 23.7 Å². The number of thioether (sulfide) groups is 1. The molecule has 1 N–H and O–H groups in total. The Kier molecular flexibility index (Phi) is 5.97. The third-order valence-electron chi connectivity index (χ3n) is 4.51. The van der Waals surface area contributed by atoms with Gasteiger partial charge in [0, 0.05) is 22.3 Å². The first-order valence-electron chi connectivity index (χ1n) is 9.37. The minimum absolute atomic E-state index is 0.199. The summed E-state index contributed by atoms with van der Waals surface area (Å²) < 4.78 is 5.77. The molecule has 1 saturated heterocycles. The molecular formula is C23H17ClN2O4S. The zero-order valence-electron chi connectivity index (χ0n) is 16.4. The van der Waals surface area contributed by atoms with E-state index in [2.05, 4.69) is 5.32 Å². The lowest BCUT2D eigenvalue weighted by atomic mass is 10.2. The SMILES string of the molecule is Cc1cccc(NC(=O)CN2C(=O)S/C(=C\c3ccc(-c4ccc(Cl)cc4)o3)C2=O)c1. The summed E-state index contributed by atoms with van der Waals surface area (Å²) in [5, 5.41) is 2.82. The van der Waals surface area contributed by atoms with E-state index in [0.717, 1.165) is 27.8 Å². The van der Waals surface area contributed by atoms with Crippen LogP contribution in [0.25, 0.3) is 17.4 Å². The molecule has 0 saturated carbocycles. The highest BCUT2D eigenvalue weighted by Gasteiger charge is 2.36. The van der Waals surface area contributed by atoms with Crippen molar-refractivity contribution in [3.05, 3.63) is 81.9 Å². The second-order valence-corrected chi connectivity index (χ2v) is 8.32. The second kappa shape index (κ2) is 8.83. The average molecular weight is 453 g/mol. The molecule has 1 aliphatic heterocycles. The fourth-order valence-corrected chi connectivity index (χ4v) is 3.98. The van der Waals surface area contributed by atoms with E-state index in [1.165, 1.54) is 6.08 Å². The Labute approximate surface area is 187 Å². The molecule has 2 heterocycles. The molecule has 0 spiro atoms. The molecular weight excluding hydrogens is 436 g/mol. The lowest BCUT2D eigenvalue weighted by Crippen LogP contribution is -2.36. The number of furan rings is 1. The number of imide groups is 1. The Balaban J connectivity index is 1.45. The normalized spacial score (nSPS) is 15.0. The summed E-state index contributed by atoms with van der Waals surface area (Å²) in [6.45, 7) is 1.55. The number of hydrogen-bond acceptors (Lipinski definition) is 5. The first-order chi connectivity index (χ1) is 14.9. The maximum absolute atomic E-state index is 12.7. The molecule has 0 bridgehead atoms. The number of benzene rings is 2. The number of nitrogens with zero attached hydrogens (tertiary/aromatic N) is 1. The number of rotatable bonds is 5. The fourth-order valence-electron chi connectivity index (χ4n) is 3.03. The van der Waals surface area contributed by atoms with E-state index in [4.69, 9.17) is 16.0 Å². The summed E-state index contributed by atoms with van der Waals surface area (Å²) in [5.41, 5.74) is 2.44. The molecule has 1 aromatic heterocycles. The minimum Gasteiger partial charge on any atom is -0.457 e. The average Bonchev–Trinajstić information content (AvgIpc) is 3.29. The van der Waals surface area contributed by atoms with Gasteiger partial charge in [-0.25, -0.2) is 0 Å². The summed E-state index contributed by atoms with van der Waals surface area (Å²) in [5.74, 6) is 0.0651. The number of hydrogen-bond donors (Lipinski definition) is 1. The highest BCUT2D eigenvalue weighted by molar-refractivity contribution is 8.18. The standard InChI is InChI=1S/C23H17ClN2O4S/c1-14-3-2-4-17(11-14)25-21(27)13-26-22(28)20(31-23(26)29)12-18-9-10-19(30-18)15-5-7-16(24)8-6-15/h2-12H,13H2,1H3,(H,25,27)/b20-12-. The number of halogens is 1. The van der Waals surface area contributed by atoms with Gasteiger partial charge < -0.3 is 9.73 Å². The van der Waals surface area contributed by atoms with Gasteiger partial charge in [-0.05, 0) is 72.8 Å². The van der Waals surface area contributed by atoms with Crippen LogP contribution in [-0.4, -0.2) is 28.5 Å². The van der Waals surface area contributed by atoms with E-state index in [1.54, 1.807) is 36.4 Å². The Morgan fingerprint density at radius 3 is 2.65 bits per heavy atom. The Morgan fingerprint density at radius 2 is 1.90 bits per heavy atom. The van der Waals surface area contributed by atoms with Crippen LogP contribution in [0, 0.1) is 6.92 Å². The zero-order valence-corrected chi connectivity index (χ0v) is 18.0. The smallest absolute Gasteiger partial charge is 0.294 e. The van der Waals surface area contributed by atoms with Crippen LogP contribution in [0.1, 0.15) is 11.3 Å². The molecule has 156 valence electrons. The van der Waals surface area contributed by atoms with Crippen LogP contribution < -0.4 is 5.32 Å². The number of carbonyl (C=O) groups excluding carboxylic acids is 3. The zero-order chi connectivity index (χ0) is 22.0. The molecule has 3 aromatic rings. The number of carbonyl (C=O) groups is 3. The number of anilines is 1. The van der Waals surface area contributed by atoms with Crippen LogP contribution >= 0.6 is 23.4 Å². The van der Waals surface area contributed by atoms with Gasteiger partial charge in [-0.3, -0.25) is 19.3 Å². The van der Waals surface area contributed by atoms with Crippen molar-refractivity contribution in [2.24, 2.45) is 0 Å². The van der Waals surface area contributed by atoms with Crippen LogP contribution in [0.4, 0.5) is 10.5 Å². The molecule has 4 rings (SSSR count). The number of amides is 3. The quantitative estimate of drug-likeness (QED) is 0.511. The van der Waals surface area contributed by atoms with E-state index in [0.29, 0.717) is 22.2 Å². The molecule has 3 amide bonds. The third kappa shape index (κ3) is 4.90. The van der Waals surface area contributed by atoms with Gasteiger partial charge in [0.25, 0.3) is 11.1 Å². The van der Waals surface area contributed by atoms with Crippen LogP contribution in [0.3, 0.4) is 0 Å². The largest absolute Gasteiger partial charge is 0.457 e. The van der Waals surface area contributed by atoms with Crippen LogP contribution in [0.5, 0.6) is 0 Å². The van der Waals surface area contributed by atoms with Gasteiger partial charge in [0.1, 0.15) is 18.1 Å². The molecule has 0 unspecified atom stereocenters. The van der Waals surface area contributed by atoms with Crippen molar-refractivity contribution in [3.63, 3.8) is 0 Å². The van der Waals surface area contributed by atoms with E-state index in [9.17, 15) is 14.4 Å². The fraction of sp³-hybridized carbons (Fsp3) is 0.0870. The maximum Gasteiger partial charge on any atom is 0.294 e. The van der Waals surface area contributed by atoms with Crippen molar-refractivity contribution >= 4 is 52.2 Å². The molecule has 8 heteroatoms. The van der Waals surface area contributed by atoms with Crippen molar-refractivity contribution < 1.29 is 18.8 Å². The van der Waals surface area contributed by atoms with Crippen molar-refractivity contribution in [2.45, 2.75) is 6.92 Å². The van der Waals surface area contributed by atoms with E-state index < -0.39 is 17.1 Å². The maximum atomic E-state index is 12.7. The highest BCUT2D eigenvalue weighted by atomic mass is 35.5. The minimum atomic E-state index is -0.529. The summed E-state index contributed by atoms with van der Waals surface area (Å²) in [6.07, 6.45) is 1.50. The predicted octanol–water partition coefficient (Wildman–Crippen LogP) is 5.58. The Hall–Kier alpha value is -3.29. The number of nitrogens with one attached hydrogen (secondary N) is 1.